The van der Waals surface area contributed by atoms with Gasteiger partial charge in [-0.05, 0) is 138 Å². The van der Waals surface area contributed by atoms with Crippen LogP contribution in [-0.2, 0) is 35.0 Å². The van der Waals surface area contributed by atoms with Crippen LogP contribution in [0.2, 0.25) is 5.02 Å². The fraction of sp³-hybridized carbons (Fsp3) is 0.490. The number of esters is 2. The van der Waals surface area contributed by atoms with Crippen molar-refractivity contribution in [2.45, 2.75) is 111 Å². The third-order valence-electron chi connectivity index (χ3n) is 10.3. The number of benzene rings is 4. The van der Waals surface area contributed by atoms with Gasteiger partial charge in [-0.25, -0.2) is 0 Å². The van der Waals surface area contributed by atoms with Crippen molar-refractivity contribution >= 4 is 23.5 Å². The lowest BCUT2D eigenvalue weighted by atomic mass is 10.1. The highest BCUT2D eigenvalue weighted by Gasteiger charge is 2.25. The summed E-state index contributed by atoms with van der Waals surface area (Å²) in [5, 5.41) is 0.695. The number of ether oxygens (including phenoxy) is 6. The lowest BCUT2D eigenvalue weighted by Crippen LogP contribution is -2.39. The molecule has 336 valence electrons. The summed E-state index contributed by atoms with van der Waals surface area (Å²) < 4.78 is 34.7. The molecule has 0 N–H and O–H groups in total. The van der Waals surface area contributed by atoms with Gasteiger partial charge in [0, 0.05) is 44.3 Å². The number of morpholine rings is 2. The summed E-state index contributed by atoms with van der Waals surface area (Å²) in [6.07, 6.45) is 4.28. The summed E-state index contributed by atoms with van der Waals surface area (Å²) in [5.74, 6) is 2.90. The van der Waals surface area contributed by atoms with E-state index < -0.39 is 11.2 Å². The Morgan fingerprint density at radius 3 is 1.55 bits per heavy atom. The van der Waals surface area contributed by atoms with E-state index in [-0.39, 0.29) is 24.1 Å². The summed E-state index contributed by atoms with van der Waals surface area (Å²) in [6, 6.07) is 30.0. The third-order valence-corrected chi connectivity index (χ3v) is 10.5. The minimum Gasteiger partial charge on any atom is -0.460 e. The molecule has 4 aromatic rings. The molecule has 0 spiro atoms. The first kappa shape index (κ1) is 48.6. The molecule has 0 bridgehead atoms. The molecule has 62 heavy (non-hydrogen) atoms. The monoisotopic (exact) mass is 870 g/mol. The molecular weight excluding hydrogens is 804 g/mol. The van der Waals surface area contributed by atoms with Crippen molar-refractivity contribution in [2.75, 3.05) is 52.5 Å². The van der Waals surface area contributed by atoms with E-state index in [4.69, 9.17) is 40.0 Å². The molecule has 2 fully saturated rings. The van der Waals surface area contributed by atoms with Gasteiger partial charge >= 0.3 is 11.9 Å². The molecule has 4 aromatic carbocycles. The number of halogens is 1. The van der Waals surface area contributed by atoms with Gasteiger partial charge in [-0.2, -0.15) is 0 Å². The molecule has 2 unspecified atom stereocenters. The number of rotatable bonds is 15. The van der Waals surface area contributed by atoms with Gasteiger partial charge in [-0.1, -0.05) is 61.3 Å². The van der Waals surface area contributed by atoms with Crippen LogP contribution in [0.3, 0.4) is 0 Å². The van der Waals surface area contributed by atoms with Crippen molar-refractivity contribution in [1.29, 1.82) is 0 Å². The Morgan fingerprint density at radius 1 is 0.661 bits per heavy atom. The second-order valence-electron chi connectivity index (χ2n) is 18.0. The van der Waals surface area contributed by atoms with Gasteiger partial charge in [0.25, 0.3) is 0 Å². The normalized spacial score (nSPS) is 17.4. The summed E-state index contributed by atoms with van der Waals surface area (Å²) in [7, 11) is 0. The number of carbonyl (C=O) groups is 2. The predicted molar refractivity (Wildman–Crippen MR) is 245 cm³/mol. The number of unbranched alkanes of at least 4 members (excludes halogenated alkanes) is 1. The Labute approximate surface area is 374 Å². The molecule has 0 radical (unpaired) electrons. The third kappa shape index (κ3) is 17.0. The van der Waals surface area contributed by atoms with Gasteiger partial charge in [-0.3, -0.25) is 19.4 Å². The van der Waals surface area contributed by atoms with E-state index in [0.29, 0.717) is 44.2 Å². The highest BCUT2D eigenvalue weighted by atomic mass is 35.5. The van der Waals surface area contributed by atoms with Crippen molar-refractivity contribution in [3.63, 3.8) is 0 Å². The van der Waals surface area contributed by atoms with Crippen LogP contribution in [0.1, 0.15) is 109 Å². The lowest BCUT2D eigenvalue weighted by molar-refractivity contribution is -0.156. The van der Waals surface area contributed by atoms with Crippen LogP contribution in [0.5, 0.6) is 23.0 Å². The zero-order chi connectivity index (χ0) is 44.7. The molecule has 0 saturated carbocycles. The standard InChI is InChI=1S/C27H37NO4.C24H30ClNO4/c1-5-6-7-21-8-12-23(13-9-21)31-24-14-10-22(11-15-24)25-20-28(18-19-30-25)17-16-26(29)32-27(2,3)4;1-17-15-19(25)7-10-21(17)29-20-8-5-18(6-9-20)22-16-26(13-14-28-22)12-11-23(27)30-24(2,3)4/h8-15,25H,5-7,16-20H2,1-4H3;5-10,15,22H,11-14,16H2,1-4H3. The molecule has 0 aliphatic carbocycles. The van der Waals surface area contributed by atoms with Gasteiger partial charge in [0.1, 0.15) is 34.2 Å². The minimum atomic E-state index is -0.445. The number of carbonyl (C=O) groups excluding carboxylic acids is 2. The molecule has 6 rings (SSSR count). The van der Waals surface area contributed by atoms with E-state index in [1.165, 1.54) is 18.4 Å². The molecule has 0 aromatic heterocycles. The fourth-order valence-corrected chi connectivity index (χ4v) is 7.32. The molecule has 2 saturated heterocycles. The molecule has 2 atom stereocenters. The fourth-order valence-electron chi connectivity index (χ4n) is 7.09. The van der Waals surface area contributed by atoms with E-state index >= 15 is 0 Å². The molecule has 11 heteroatoms. The Bertz CT molecular complexity index is 1990. The smallest absolute Gasteiger partial charge is 0.307 e. The summed E-state index contributed by atoms with van der Waals surface area (Å²) in [5.41, 5.74) is 3.67. The van der Waals surface area contributed by atoms with E-state index in [1.807, 2.05) is 115 Å². The molecule has 10 nitrogen and oxygen atoms in total. The van der Waals surface area contributed by atoms with Gasteiger partial charge in [0.2, 0.25) is 0 Å². The Morgan fingerprint density at radius 2 is 1.11 bits per heavy atom. The van der Waals surface area contributed by atoms with Crippen LogP contribution in [0, 0.1) is 6.92 Å². The van der Waals surface area contributed by atoms with Crippen molar-refractivity contribution in [3.05, 3.63) is 118 Å². The molecule has 2 heterocycles. The molecule has 2 aliphatic heterocycles. The zero-order valence-electron chi connectivity index (χ0n) is 38.0. The van der Waals surface area contributed by atoms with Crippen LogP contribution >= 0.6 is 11.6 Å². The first-order valence-electron chi connectivity index (χ1n) is 22.0. The molecule has 2 aliphatic rings. The highest BCUT2D eigenvalue weighted by Crippen LogP contribution is 2.31. The summed E-state index contributed by atoms with van der Waals surface area (Å²) in [4.78, 5) is 28.5. The Kier molecular flexibility index (Phi) is 18.3. The van der Waals surface area contributed by atoms with Crippen LogP contribution in [0.4, 0.5) is 0 Å². The van der Waals surface area contributed by atoms with E-state index in [2.05, 4.69) is 41.0 Å². The lowest BCUT2D eigenvalue weighted by Gasteiger charge is -2.33. The zero-order valence-corrected chi connectivity index (χ0v) is 38.8. The SMILES string of the molecule is CCCCc1ccc(Oc2ccc(C3CN(CCC(=O)OC(C)(C)C)CCO3)cc2)cc1.Cc1cc(Cl)ccc1Oc1ccc(C2CN(CCC(=O)OC(C)(C)C)CCO2)cc1. The van der Waals surface area contributed by atoms with E-state index in [0.717, 1.165) is 72.3 Å². The van der Waals surface area contributed by atoms with Gasteiger partial charge in [0.05, 0.1) is 38.3 Å². The van der Waals surface area contributed by atoms with E-state index in [9.17, 15) is 9.59 Å². The van der Waals surface area contributed by atoms with Gasteiger partial charge < -0.3 is 28.4 Å². The largest absolute Gasteiger partial charge is 0.460 e. The van der Waals surface area contributed by atoms with Crippen molar-refractivity contribution < 1.29 is 38.0 Å². The van der Waals surface area contributed by atoms with Crippen molar-refractivity contribution in [1.82, 2.24) is 9.80 Å². The van der Waals surface area contributed by atoms with Gasteiger partial charge in [-0.15, -0.1) is 0 Å². The number of nitrogens with zero attached hydrogens (tertiary/aromatic N) is 2. The topological polar surface area (TPSA) is 96.0 Å². The van der Waals surface area contributed by atoms with Crippen LogP contribution in [-0.4, -0.2) is 85.4 Å². The second kappa shape index (κ2) is 23.3. The predicted octanol–water partition coefficient (Wildman–Crippen LogP) is 11.5. The summed E-state index contributed by atoms with van der Waals surface area (Å²) in [6.45, 7) is 21.3. The first-order chi connectivity index (χ1) is 29.5. The summed E-state index contributed by atoms with van der Waals surface area (Å²) >= 11 is 6.01. The van der Waals surface area contributed by atoms with E-state index in [1.54, 1.807) is 0 Å². The number of hydrogen-bond acceptors (Lipinski definition) is 10. The number of aryl methyl sites for hydroxylation is 2. The Hall–Kier alpha value is -4.45. The first-order valence-corrected chi connectivity index (χ1v) is 22.4. The average molecular weight is 872 g/mol. The van der Waals surface area contributed by atoms with Crippen LogP contribution in [0.25, 0.3) is 0 Å². The maximum absolute atomic E-state index is 12.0. The van der Waals surface area contributed by atoms with Crippen molar-refractivity contribution in [2.24, 2.45) is 0 Å². The molecule has 0 amide bonds. The molecular formula is C51H67ClN2O8. The maximum atomic E-state index is 12.0. The second-order valence-corrected chi connectivity index (χ2v) is 18.4. The highest BCUT2D eigenvalue weighted by molar-refractivity contribution is 6.30. The number of hydrogen-bond donors (Lipinski definition) is 0. The average Bonchev–Trinajstić information content (AvgIpc) is 3.23. The van der Waals surface area contributed by atoms with Crippen molar-refractivity contribution in [3.8, 4) is 23.0 Å². The maximum Gasteiger partial charge on any atom is 0.307 e. The quantitative estimate of drug-likeness (QED) is 0.107. The minimum absolute atomic E-state index is 0.00529. The van der Waals surface area contributed by atoms with Crippen LogP contribution in [0.15, 0.2) is 91.0 Å². The van der Waals surface area contributed by atoms with Gasteiger partial charge in [0.15, 0.2) is 0 Å². The van der Waals surface area contributed by atoms with Crippen LogP contribution < -0.4 is 9.47 Å². The Balaban J connectivity index is 0.000000235.